The van der Waals surface area contributed by atoms with Gasteiger partial charge in [0.1, 0.15) is 5.75 Å². The lowest BCUT2D eigenvalue weighted by Gasteiger charge is -2.24. The number of aryl methyl sites for hydroxylation is 1. The molecule has 1 aromatic carbocycles. The summed E-state index contributed by atoms with van der Waals surface area (Å²) in [5.74, 6) is -0.140. The number of hydrogen-bond acceptors (Lipinski definition) is 3. The third-order valence-corrected chi connectivity index (χ3v) is 4.34. The molecule has 0 aliphatic heterocycles. The number of hydrogen-bond donors (Lipinski definition) is 2. The van der Waals surface area contributed by atoms with E-state index in [1.54, 1.807) is 7.11 Å². The molecule has 1 aliphatic rings. The van der Waals surface area contributed by atoms with Crippen molar-refractivity contribution in [1.82, 2.24) is 0 Å². The van der Waals surface area contributed by atoms with Crippen LogP contribution in [-0.4, -0.2) is 23.3 Å². The second-order valence-electron chi connectivity index (χ2n) is 5.42. The van der Waals surface area contributed by atoms with Crippen LogP contribution in [0.25, 0.3) is 0 Å². The zero-order chi connectivity index (χ0) is 14.4. The predicted molar refractivity (Wildman–Crippen MR) is 71.5 cm³/mol. The van der Waals surface area contributed by atoms with Gasteiger partial charge in [0.2, 0.25) is 0 Å². The lowest BCUT2D eigenvalue weighted by atomic mass is 9.85. The predicted octanol–water partition coefficient (Wildman–Crippen LogP) is 2.52. The summed E-state index contributed by atoms with van der Waals surface area (Å²) in [6.07, 6.45) is 0.121. The van der Waals surface area contributed by atoms with Gasteiger partial charge in [-0.3, -0.25) is 4.79 Å². The molecule has 1 atom stereocenters. The van der Waals surface area contributed by atoms with Crippen LogP contribution in [-0.2, 0) is 4.79 Å². The smallest absolute Gasteiger partial charge is 0.312 e. The second kappa shape index (κ2) is 4.53. The van der Waals surface area contributed by atoms with Gasteiger partial charge in [-0.1, -0.05) is 0 Å². The van der Waals surface area contributed by atoms with Crippen LogP contribution < -0.4 is 4.74 Å². The molecule has 0 amide bonds. The fourth-order valence-electron chi connectivity index (χ4n) is 2.71. The van der Waals surface area contributed by atoms with Gasteiger partial charge in [-0.15, -0.1) is 0 Å². The molecule has 0 radical (unpaired) electrons. The SMILES string of the molecule is COc1cc(C)c(C(O)C2(C(=O)O)CC2)c(C)c1C. The van der Waals surface area contributed by atoms with Crippen molar-refractivity contribution in [3.8, 4) is 5.75 Å². The molecule has 19 heavy (non-hydrogen) atoms. The van der Waals surface area contributed by atoms with Crippen molar-refractivity contribution in [2.45, 2.75) is 39.7 Å². The zero-order valence-corrected chi connectivity index (χ0v) is 11.8. The van der Waals surface area contributed by atoms with E-state index in [0.29, 0.717) is 12.8 Å². The van der Waals surface area contributed by atoms with Gasteiger partial charge < -0.3 is 14.9 Å². The number of rotatable bonds is 4. The van der Waals surface area contributed by atoms with Gasteiger partial charge in [-0.2, -0.15) is 0 Å². The van der Waals surface area contributed by atoms with Gasteiger partial charge in [0.05, 0.1) is 18.6 Å². The summed E-state index contributed by atoms with van der Waals surface area (Å²) in [7, 11) is 1.61. The topological polar surface area (TPSA) is 66.8 Å². The Morgan fingerprint density at radius 1 is 1.32 bits per heavy atom. The molecule has 1 saturated carbocycles. The molecule has 0 saturated heterocycles. The van der Waals surface area contributed by atoms with E-state index in [9.17, 15) is 15.0 Å². The number of methoxy groups -OCH3 is 1. The molecule has 2 rings (SSSR count). The lowest BCUT2D eigenvalue weighted by Crippen LogP contribution is -2.25. The first-order valence-electron chi connectivity index (χ1n) is 6.41. The normalized spacial score (nSPS) is 17.9. The van der Waals surface area contributed by atoms with Crippen LogP contribution in [0.3, 0.4) is 0 Å². The van der Waals surface area contributed by atoms with E-state index in [4.69, 9.17) is 4.74 Å². The second-order valence-corrected chi connectivity index (χ2v) is 5.42. The fourth-order valence-corrected chi connectivity index (χ4v) is 2.71. The number of aliphatic hydroxyl groups excluding tert-OH is 1. The summed E-state index contributed by atoms with van der Waals surface area (Å²) in [5, 5.41) is 19.8. The Hall–Kier alpha value is -1.55. The Morgan fingerprint density at radius 3 is 2.32 bits per heavy atom. The van der Waals surface area contributed by atoms with Gasteiger partial charge >= 0.3 is 5.97 Å². The molecule has 1 unspecified atom stereocenters. The highest BCUT2D eigenvalue weighted by Crippen LogP contribution is 2.56. The van der Waals surface area contributed by atoms with Crippen molar-refractivity contribution >= 4 is 5.97 Å². The Balaban J connectivity index is 2.52. The van der Waals surface area contributed by atoms with Crippen LogP contribution in [0.4, 0.5) is 0 Å². The van der Waals surface area contributed by atoms with Crippen LogP contribution in [0.1, 0.15) is 41.2 Å². The average molecular weight is 264 g/mol. The quantitative estimate of drug-likeness (QED) is 0.877. The molecule has 104 valence electrons. The number of carboxylic acid groups (broad SMARTS) is 1. The van der Waals surface area contributed by atoms with E-state index in [2.05, 4.69) is 0 Å². The highest BCUT2D eigenvalue weighted by atomic mass is 16.5. The van der Waals surface area contributed by atoms with Gasteiger partial charge in [0.25, 0.3) is 0 Å². The van der Waals surface area contributed by atoms with Crippen LogP contribution in [0.2, 0.25) is 0 Å². The van der Waals surface area contributed by atoms with Gasteiger partial charge in [-0.05, 0) is 61.9 Å². The standard InChI is InChI=1S/C15H20O4/c1-8-7-11(19-4)9(2)10(3)12(8)13(16)15(5-6-15)14(17)18/h7,13,16H,5-6H2,1-4H3,(H,17,18). The summed E-state index contributed by atoms with van der Waals surface area (Å²) in [5.41, 5.74) is 2.48. The van der Waals surface area contributed by atoms with Gasteiger partial charge in [0, 0.05) is 0 Å². The summed E-state index contributed by atoms with van der Waals surface area (Å²) in [6, 6.07) is 1.86. The summed E-state index contributed by atoms with van der Waals surface area (Å²) >= 11 is 0. The summed E-state index contributed by atoms with van der Waals surface area (Å²) < 4.78 is 5.29. The Labute approximate surface area is 113 Å². The van der Waals surface area contributed by atoms with Gasteiger partial charge in [-0.25, -0.2) is 0 Å². The van der Waals surface area contributed by atoms with Crippen molar-refractivity contribution in [2.24, 2.45) is 5.41 Å². The molecule has 0 spiro atoms. The number of aliphatic carboxylic acids is 1. The molecule has 2 N–H and O–H groups in total. The van der Waals surface area contributed by atoms with Gasteiger partial charge in [0.15, 0.2) is 0 Å². The number of ether oxygens (including phenoxy) is 1. The Kier molecular flexibility index (Phi) is 3.31. The molecular weight excluding hydrogens is 244 g/mol. The monoisotopic (exact) mass is 264 g/mol. The Bertz CT molecular complexity index is 529. The maximum absolute atomic E-state index is 11.3. The van der Waals surface area contributed by atoms with E-state index < -0.39 is 17.5 Å². The lowest BCUT2D eigenvalue weighted by molar-refractivity contribution is -0.148. The first-order valence-corrected chi connectivity index (χ1v) is 6.41. The van der Waals surface area contributed by atoms with Crippen molar-refractivity contribution in [3.05, 3.63) is 28.3 Å². The third kappa shape index (κ3) is 2.00. The van der Waals surface area contributed by atoms with Crippen LogP contribution in [0.5, 0.6) is 5.75 Å². The number of benzene rings is 1. The van der Waals surface area contributed by atoms with E-state index >= 15 is 0 Å². The Morgan fingerprint density at radius 2 is 1.89 bits per heavy atom. The van der Waals surface area contributed by atoms with E-state index in [1.165, 1.54) is 0 Å². The molecular formula is C15H20O4. The molecule has 1 fully saturated rings. The molecule has 1 aromatic rings. The van der Waals surface area contributed by atoms with Crippen molar-refractivity contribution in [1.29, 1.82) is 0 Å². The van der Waals surface area contributed by atoms with Crippen LogP contribution in [0, 0.1) is 26.2 Å². The maximum Gasteiger partial charge on any atom is 0.312 e. The number of carboxylic acids is 1. The summed E-state index contributed by atoms with van der Waals surface area (Å²) in [6.45, 7) is 5.71. The minimum atomic E-state index is -0.990. The molecule has 0 bridgehead atoms. The molecule has 1 aliphatic carbocycles. The zero-order valence-electron chi connectivity index (χ0n) is 11.8. The molecule has 0 heterocycles. The largest absolute Gasteiger partial charge is 0.496 e. The third-order valence-electron chi connectivity index (χ3n) is 4.34. The number of carbonyl (C=O) groups is 1. The molecule has 4 heteroatoms. The fraction of sp³-hybridized carbons (Fsp3) is 0.533. The van der Waals surface area contributed by atoms with Crippen LogP contribution in [0.15, 0.2) is 6.07 Å². The highest BCUT2D eigenvalue weighted by molar-refractivity contribution is 5.79. The first kappa shape index (κ1) is 13.9. The van der Waals surface area contributed by atoms with Crippen molar-refractivity contribution < 1.29 is 19.7 Å². The first-order chi connectivity index (χ1) is 8.85. The maximum atomic E-state index is 11.3. The highest BCUT2D eigenvalue weighted by Gasteiger charge is 2.57. The molecule has 4 nitrogen and oxygen atoms in total. The minimum Gasteiger partial charge on any atom is -0.496 e. The van der Waals surface area contributed by atoms with E-state index in [-0.39, 0.29) is 0 Å². The van der Waals surface area contributed by atoms with E-state index in [0.717, 1.165) is 28.0 Å². The van der Waals surface area contributed by atoms with Crippen molar-refractivity contribution in [3.63, 3.8) is 0 Å². The molecule has 0 aromatic heterocycles. The summed E-state index contributed by atoms with van der Waals surface area (Å²) in [4.78, 5) is 11.3. The minimum absolute atomic E-state index is 0.535. The average Bonchev–Trinajstić information content (AvgIpc) is 3.15. The van der Waals surface area contributed by atoms with Crippen LogP contribution >= 0.6 is 0 Å². The number of aliphatic hydroxyl groups is 1. The van der Waals surface area contributed by atoms with E-state index in [1.807, 2.05) is 26.8 Å². The van der Waals surface area contributed by atoms with Crippen molar-refractivity contribution in [2.75, 3.05) is 7.11 Å².